The van der Waals surface area contributed by atoms with Crippen LogP contribution in [0.2, 0.25) is 0 Å². The van der Waals surface area contributed by atoms with Crippen molar-refractivity contribution in [2.45, 2.75) is 13.5 Å². The molecule has 3 aromatic rings. The molecule has 0 aliphatic rings. The van der Waals surface area contributed by atoms with Crippen molar-refractivity contribution in [3.63, 3.8) is 0 Å². The summed E-state index contributed by atoms with van der Waals surface area (Å²) in [6.45, 7) is 2.14. The van der Waals surface area contributed by atoms with Crippen molar-refractivity contribution in [1.82, 2.24) is 9.55 Å². The van der Waals surface area contributed by atoms with Gasteiger partial charge in [0.1, 0.15) is 6.54 Å². The van der Waals surface area contributed by atoms with E-state index in [4.69, 9.17) is 5.73 Å². The van der Waals surface area contributed by atoms with Crippen molar-refractivity contribution < 1.29 is 4.79 Å². The fraction of sp³-hybridized carbons (Fsp3) is 0.125. The predicted octanol–water partition coefficient (Wildman–Crippen LogP) is 2.57. The van der Waals surface area contributed by atoms with Crippen LogP contribution < -0.4 is 11.1 Å². The molecule has 3 N–H and O–H groups in total. The molecule has 0 bridgehead atoms. The second kappa shape index (κ2) is 5.28. The Labute approximate surface area is 122 Å². The number of amides is 1. The zero-order valence-corrected chi connectivity index (χ0v) is 11.7. The minimum absolute atomic E-state index is 0.0916. The van der Waals surface area contributed by atoms with Crippen molar-refractivity contribution >= 4 is 28.3 Å². The minimum atomic E-state index is -0.0916. The number of anilines is 2. The predicted molar refractivity (Wildman–Crippen MR) is 84.0 cm³/mol. The first-order chi connectivity index (χ1) is 10.1. The van der Waals surface area contributed by atoms with E-state index in [1.807, 2.05) is 47.9 Å². The Kier molecular flexibility index (Phi) is 3.31. The first-order valence-corrected chi connectivity index (χ1v) is 6.69. The molecule has 0 aliphatic carbocycles. The number of rotatable bonds is 3. The maximum absolute atomic E-state index is 12.2. The summed E-state index contributed by atoms with van der Waals surface area (Å²) in [5.41, 5.74) is 9.94. The Morgan fingerprint density at radius 2 is 2.10 bits per heavy atom. The number of nitrogens with zero attached hydrogens (tertiary/aromatic N) is 2. The molecule has 5 heteroatoms. The van der Waals surface area contributed by atoms with E-state index in [1.54, 1.807) is 12.4 Å². The largest absolute Gasteiger partial charge is 0.399 e. The summed E-state index contributed by atoms with van der Waals surface area (Å²) in [4.78, 5) is 16.4. The number of nitrogens with one attached hydrogen (secondary N) is 1. The maximum Gasteiger partial charge on any atom is 0.244 e. The van der Waals surface area contributed by atoms with Gasteiger partial charge in [0.15, 0.2) is 0 Å². The van der Waals surface area contributed by atoms with E-state index in [-0.39, 0.29) is 12.5 Å². The molecule has 0 saturated carbocycles. The number of nitrogens with two attached hydrogens (primary N) is 1. The van der Waals surface area contributed by atoms with Crippen LogP contribution in [0.1, 0.15) is 5.56 Å². The summed E-state index contributed by atoms with van der Waals surface area (Å²) in [6, 6.07) is 13.2. The lowest BCUT2D eigenvalue weighted by Gasteiger charge is -2.10. The van der Waals surface area contributed by atoms with Gasteiger partial charge in [0.2, 0.25) is 5.91 Å². The molecule has 106 valence electrons. The molecule has 5 nitrogen and oxygen atoms in total. The second-order valence-corrected chi connectivity index (χ2v) is 4.98. The first-order valence-electron chi connectivity index (χ1n) is 6.69. The van der Waals surface area contributed by atoms with Gasteiger partial charge in [0.05, 0.1) is 17.4 Å². The molecule has 3 rings (SSSR count). The second-order valence-electron chi connectivity index (χ2n) is 4.98. The molecule has 1 amide bonds. The van der Waals surface area contributed by atoms with Gasteiger partial charge in [0, 0.05) is 11.4 Å². The summed E-state index contributed by atoms with van der Waals surface area (Å²) >= 11 is 0. The Hall–Kier alpha value is -2.82. The average molecular weight is 280 g/mol. The van der Waals surface area contributed by atoms with E-state index in [1.165, 1.54) is 0 Å². The third-order valence-corrected chi connectivity index (χ3v) is 3.37. The monoisotopic (exact) mass is 280 g/mol. The zero-order valence-electron chi connectivity index (χ0n) is 11.7. The van der Waals surface area contributed by atoms with E-state index < -0.39 is 0 Å². The smallest absolute Gasteiger partial charge is 0.244 e. The molecule has 2 aromatic carbocycles. The number of benzene rings is 2. The third kappa shape index (κ3) is 2.72. The van der Waals surface area contributed by atoms with E-state index in [0.29, 0.717) is 5.69 Å². The number of imidazole rings is 1. The number of para-hydroxylation sites is 2. The highest BCUT2D eigenvalue weighted by atomic mass is 16.1. The highest BCUT2D eigenvalue weighted by molar-refractivity contribution is 5.92. The van der Waals surface area contributed by atoms with Crippen LogP contribution in [-0.2, 0) is 11.3 Å². The van der Waals surface area contributed by atoms with Gasteiger partial charge < -0.3 is 15.6 Å². The molecular formula is C16H16N4O. The molecule has 1 aromatic heterocycles. The van der Waals surface area contributed by atoms with Crippen molar-refractivity contribution in [2.75, 3.05) is 11.1 Å². The van der Waals surface area contributed by atoms with Gasteiger partial charge in [-0.1, -0.05) is 12.1 Å². The fourth-order valence-corrected chi connectivity index (χ4v) is 2.31. The molecule has 0 aliphatic heterocycles. The number of hydrogen-bond acceptors (Lipinski definition) is 3. The van der Waals surface area contributed by atoms with Crippen molar-refractivity contribution in [1.29, 1.82) is 0 Å². The molecule has 0 unspecified atom stereocenters. The maximum atomic E-state index is 12.2. The van der Waals surface area contributed by atoms with E-state index >= 15 is 0 Å². The molecular weight excluding hydrogens is 264 g/mol. The van der Waals surface area contributed by atoms with Crippen molar-refractivity contribution in [2.24, 2.45) is 0 Å². The normalized spacial score (nSPS) is 10.7. The quantitative estimate of drug-likeness (QED) is 0.724. The molecule has 0 saturated heterocycles. The Bertz CT molecular complexity index is 807. The summed E-state index contributed by atoms with van der Waals surface area (Å²) in [5, 5.41) is 2.90. The average Bonchev–Trinajstić information content (AvgIpc) is 2.85. The fourth-order valence-electron chi connectivity index (χ4n) is 2.31. The highest BCUT2D eigenvalue weighted by Crippen LogP contribution is 2.18. The first kappa shape index (κ1) is 13.2. The minimum Gasteiger partial charge on any atom is -0.399 e. The lowest BCUT2D eigenvalue weighted by atomic mass is 10.2. The SMILES string of the molecule is Cc1cc(N)ccc1NC(=O)Cn1cnc2ccccc21. The lowest BCUT2D eigenvalue weighted by molar-refractivity contribution is -0.116. The Balaban J connectivity index is 1.77. The summed E-state index contributed by atoms with van der Waals surface area (Å²) in [7, 11) is 0. The van der Waals surface area contributed by atoms with E-state index in [9.17, 15) is 4.79 Å². The number of nitrogen functional groups attached to an aromatic ring is 1. The van der Waals surface area contributed by atoms with Crippen LogP contribution in [0.25, 0.3) is 11.0 Å². The highest BCUT2D eigenvalue weighted by Gasteiger charge is 2.08. The van der Waals surface area contributed by atoms with Gasteiger partial charge in [-0.3, -0.25) is 4.79 Å². The van der Waals surface area contributed by atoms with Crippen LogP contribution in [-0.4, -0.2) is 15.5 Å². The zero-order chi connectivity index (χ0) is 14.8. The number of aryl methyl sites for hydroxylation is 1. The van der Waals surface area contributed by atoms with Crippen molar-refractivity contribution in [3.8, 4) is 0 Å². The molecule has 0 radical (unpaired) electrons. The summed E-state index contributed by atoms with van der Waals surface area (Å²) < 4.78 is 1.83. The van der Waals surface area contributed by atoms with Crippen LogP contribution in [0.5, 0.6) is 0 Å². The molecule has 0 atom stereocenters. The lowest BCUT2D eigenvalue weighted by Crippen LogP contribution is -2.18. The topological polar surface area (TPSA) is 72.9 Å². The summed E-state index contributed by atoms with van der Waals surface area (Å²) in [5.74, 6) is -0.0916. The summed E-state index contributed by atoms with van der Waals surface area (Å²) in [6.07, 6.45) is 1.68. The van der Waals surface area contributed by atoms with Gasteiger partial charge in [-0.15, -0.1) is 0 Å². The van der Waals surface area contributed by atoms with Crippen LogP contribution in [0.4, 0.5) is 11.4 Å². The van der Waals surface area contributed by atoms with Gasteiger partial charge >= 0.3 is 0 Å². The number of aromatic nitrogens is 2. The standard InChI is InChI=1S/C16H16N4O/c1-11-8-12(17)6-7-13(11)19-16(21)9-20-10-18-14-4-2-3-5-15(14)20/h2-8,10H,9,17H2,1H3,(H,19,21). The van der Waals surface area contributed by atoms with Gasteiger partial charge in [-0.25, -0.2) is 4.98 Å². The van der Waals surface area contributed by atoms with Crippen LogP contribution in [0.15, 0.2) is 48.8 Å². The number of hydrogen-bond donors (Lipinski definition) is 2. The van der Waals surface area contributed by atoms with E-state index in [0.717, 1.165) is 22.3 Å². The Morgan fingerprint density at radius 3 is 2.90 bits per heavy atom. The molecule has 0 fully saturated rings. The van der Waals surface area contributed by atoms with Crippen molar-refractivity contribution in [3.05, 3.63) is 54.4 Å². The third-order valence-electron chi connectivity index (χ3n) is 3.37. The van der Waals surface area contributed by atoms with Crippen LogP contribution in [0.3, 0.4) is 0 Å². The molecule has 21 heavy (non-hydrogen) atoms. The Morgan fingerprint density at radius 1 is 1.29 bits per heavy atom. The van der Waals surface area contributed by atoms with Gasteiger partial charge in [-0.05, 0) is 42.8 Å². The van der Waals surface area contributed by atoms with E-state index in [2.05, 4.69) is 10.3 Å². The number of carbonyl (C=O) groups excluding carboxylic acids is 1. The molecule has 0 spiro atoms. The van der Waals surface area contributed by atoms with Gasteiger partial charge in [-0.2, -0.15) is 0 Å². The number of fused-ring (bicyclic) bond motifs is 1. The van der Waals surface area contributed by atoms with Crippen LogP contribution in [0, 0.1) is 6.92 Å². The van der Waals surface area contributed by atoms with Gasteiger partial charge in [0.25, 0.3) is 0 Å². The molecule has 1 heterocycles. The van der Waals surface area contributed by atoms with Crippen LogP contribution >= 0.6 is 0 Å². The number of carbonyl (C=O) groups is 1.